The second-order valence-corrected chi connectivity index (χ2v) is 4.85. The Kier molecular flexibility index (Phi) is 2.58. The number of non-ortho nitro benzene ring substituents is 1. The Balaban J connectivity index is 3.01. The molecular formula is C6H4F3NO2Se. The number of hydrogen-bond donors (Lipinski definition) is 0. The van der Waals surface area contributed by atoms with Gasteiger partial charge in [-0.25, -0.2) is 0 Å². The van der Waals surface area contributed by atoms with Crippen molar-refractivity contribution < 1.29 is 15.6 Å². The number of nitro benzene ring substituents is 1. The third kappa shape index (κ3) is 2.43. The predicted octanol–water partition coefficient (Wildman–Crippen LogP) is 1.65. The number of nitro groups is 1. The molecule has 0 unspecified atom stereocenters. The summed E-state index contributed by atoms with van der Waals surface area (Å²) in [6.45, 7) is 0. The monoisotopic (exact) mass is 259 g/mol. The molecule has 0 radical (unpaired) electrons. The summed E-state index contributed by atoms with van der Waals surface area (Å²) >= 11 is -5.98. The topological polar surface area (TPSA) is 43.1 Å². The van der Waals surface area contributed by atoms with Gasteiger partial charge in [-0.3, -0.25) is 0 Å². The molecule has 0 spiro atoms. The molecule has 0 saturated carbocycles. The summed E-state index contributed by atoms with van der Waals surface area (Å²) < 4.78 is 35.6. The van der Waals surface area contributed by atoms with E-state index in [0.717, 1.165) is 24.3 Å². The van der Waals surface area contributed by atoms with E-state index in [-0.39, 0.29) is 5.69 Å². The fourth-order valence-corrected chi connectivity index (χ4v) is 1.66. The molecule has 0 aromatic heterocycles. The fourth-order valence-electron chi connectivity index (χ4n) is 0.722. The first kappa shape index (κ1) is 10.0. The number of nitrogens with zero attached hydrogens (tertiary/aromatic N) is 1. The van der Waals surface area contributed by atoms with E-state index in [9.17, 15) is 20.8 Å². The molecule has 1 aromatic carbocycles. The van der Waals surface area contributed by atoms with Crippen LogP contribution in [0.1, 0.15) is 0 Å². The number of benzene rings is 1. The molecule has 0 aliphatic heterocycles. The molecule has 0 amide bonds. The van der Waals surface area contributed by atoms with E-state index in [4.69, 9.17) is 0 Å². The molecule has 72 valence electrons. The number of halogens is 3. The number of hydrogen-bond acceptors (Lipinski definition) is 2. The Morgan fingerprint density at radius 1 is 1.15 bits per heavy atom. The van der Waals surface area contributed by atoms with Crippen molar-refractivity contribution in [1.82, 2.24) is 0 Å². The fraction of sp³-hybridized carbons (Fsp3) is 0. The summed E-state index contributed by atoms with van der Waals surface area (Å²) in [5, 5.41) is 10.1. The van der Waals surface area contributed by atoms with Gasteiger partial charge in [-0.05, 0) is 0 Å². The van der Waals surface area contributed by atoms with E-state index >= 15 is 0 Å². The molecule has 1 rings (SSSR count). The van der Waals surface area contributed by atoms with E-state index in [1.54, 1.807) is 0 Å². The Labute approximate surface area is 74.9 Å². The zero-order valence-electron chi connectivity index (χ0n) is 6.12. The van der Waals surface area contributed by atoms with Crippen LogP contribution in [0.15, 0.2) is 24.3 Å². The average Bonchev–Trinajstić information content (AvgIpc) is 2.03. The van der Waals surface area contributed by atoms with Crippen LogP contribution >= 0.6 is 0 Å². The van der Waals surface area contributed by atoms with Gasteiger partial charge in [0.2, 0.25) is 0 Å². The molecule has 0 aliphatic rings. The van der Waals surface area contributed by atoms with Crippen LogP contribution in [0.2, 0.25) is 0 Å². The average molecular weight is 258 g/mol. The number of rotatable bonds is 2. The van der Waals surface area contributed by atoms with Gasteiger partial charge < -0.3 is 0 Å². The SMILES string of the molecule is O=[N+]([O-])c1ccc([Se](F)(F)F)cc1. The van der Waals surface area contributed by atoms with Crippen molar-refractivity contribution in [3.63, 3.8) is 0 Å². The summed E-state index contributed by atoms with van der Waals surface area (Å²) in [4.78, 5) is 9.37. The van der Waals surface area contributed by atoms with Crippen molar-refractivity contribution in [2.24, 2.45) is 0 Å². The molecule has 3 nitrogen and oxygen atoms in total. The molecule has 13 heavy (non-hydrogen) atoms. The zero-order chi connectivity index (χ0) is 10.1. The van der Waals surface area contributed by atoms with Crippen LogP contribution in [0.5, 0.6) is 0 Å². The van der Waals surface area contributed by atoms with Crippen LogP contribution in [0.25, 0.3) is 0 Å². The second-order valence-electron chi connectivity index (χ2n) is 2.16. The first-order chi connectivity index (χ1) is 5.91. The molecule has 0 heterocycles. The van der Waals surface area contributed by atoms with Crippen LogP contribution in [0, 0.1) is 10.1 Å². The Hall–Kier alpha value is -1.07. The Morgan fingerprint density at radius 2 is 1.62 bits per heavy atom. The molecule has 0 N–H and O–H groups in total. The molecule has 0 aliphatic carbocycles. The van der Waals surface area contributed by atoms with Gasteiger partial charge in [0.15, 0.2) is 0 Å². The van der Waals surface area contributed by atoms with Gasteiger partial charge in [0.25, 0.3) is 0 Å². The quantitative estimate of drug-likeness (QED) is 0.460. The second kappa shape index (κ2) is 3.35. The normalized spacial score (nSPS) is 12.5. The summed E-state index contributed by atoms with van der Waals surface area (Å²) in [5.74, 6) is 0. The first-order valence-corrected chi connectivity index (χ1v) is 5.88. The molecule has 0 saturated heterocycles. The molecule has 0 fully saturated rings. The summed E-state index contributed by atoms with van der Waals surface area (Å²) in [6, 6.07) is 3.22. The van der Waals surface area contributed by atoms with Crippen LogP contribution in [0.3, 0.4) is 0 Å². The molecule has 7 heteroatoms. The van der Waals surface area contributed by atoms with Crippen molar-refractivity contribution >= 4 is 24.4 Å². The minimum atomic E-state index is -5.98. The van der Waals surface area contributed by atoms with E-state index < -0.39 is 23.6 Å². The molecule has 1 aromatic rings. The predicted molar refractivity (Wildman–Crippen MR) is 41.8 cm³/mol. The molecule has 0 atom stereocenters. The van der Waals surface area contributed by atoms with E-state index in [0.29, 0.717) is 0 Å². The summed E-state index contributed by atoms with van der Waals surface area (Å²) in [5.41, 5.74) is -0.329. The van der Waals surface area contributed by atoms with Gasteiger partial charge in [-0.15, -0.1) is 0 Å². The van der Waals surface area contributed by atoms with Crippen LogP contribution in [-0.4, -0.2) is 19.1 Å². The zero-order valence-corrected chi connectivity index (χ0v) is 7.83. The Bertz CT molecular complexity index is 322. The van der Waals surface area contributed by atoms with Crippen LogP contribution < -0.4 is 4.46 Å². The van der Waals surface area contributed by atoms with Crippen molar-refractivity contribution in [2.45, 2.75) is 0 Å². The third-order valence-corrected chi connectivity index (χ3v) is 3.01. The van der Waals surface area contributed by atoms with Gasteiger partial charge in [-0.2, -0.15) is 0 Å². The van der Waals surface area contributed by atoms with Gasteiger partial charge in [0.05, 0.1) is 0 Å². The molecule has 0 bridgehead atoms. The Morgan fingerprint density at radius 3 is 1.92 bits per heavy atom. The van der Waals surface area contributed by atoms with Gasteiger partial charge >= 0.3 is 74.3 Å². The van der Waals surface area contributed by atoms with Crippen LogP contribution in [-0.2, 0) is 0 Å². The summed E-state index contributed by atoms with van der Waals surface area (Å²) in [7, 11) is 0. The first-order valence-electron chi connectivity index (χ1n) is 3.08. The maximum absolute atomic E-state index is 12.1. The maximum atomic E-state index is 12.1. The van der Waals surface area contributed by atoms with E-state index in [2.05, 4.69) is 0 Å². The van der Waals surface area contributed by atoms with Gasteiger partial charge in [-0.1, -0.05) is 0 Å². The van der Waals surface area contributed by atoms with Crippen molar-refractivity contribution in [3.05, 3.63) is 34.4 Å². The summed E-state index contributed by atoms with van der Waals surface area (Å²) in [6.07, 6.45) is 0. The van der Waals surface area contributed by atoms with Crippen molar-refractivity contribution in [1.29, 1.82) is 0 Å². The van der Waals surface area contributed by atoms with Gasteiger partial charge in [0.1, 0.15) is 0 Å². The standard InChI is InChI=1S/C6H4F3NO2Se/c7-13(8,9)6-3-1-5(2-4-6)10(11)12/h1-4H. The van der Waals surface area contributed by atoms with E-state index in [1.165, 1.54) is 0 Å². The minimum absolute atomic E-state index is 0.329. The van der Waals surface area contributed by atoms with E-state index in [1.807, 2.05) is 0 Å². The van der Waals surface area contributed by atoms with Crippen LogP contribution in [0.4, 0.5) is 16.3 Å². The van der Waals surface area contributed by atoms with Crippen molar-refractivity contribution in [3.8, 4) is 0 Å². The van der Waals surface area contributed by atoms with Crippen molar-refractivity contribution in [2.75, 3.05) is 0 Å². The van der Waals surface area contributed by atoms with Gasteiger partial charge in [0, 0.05) is 0 Å². The molecular weight excluding hydrogens is 254 g/mol. The third-order valence-electron chi connectivity index (χ3n) is 1.31.